The van der Waals surface area contributed by atoms with Crippen LogP contribution in [0.25, 0.3) is 0 Å². The number of anilines is 1. The highest BCUT2D eigenvalue weighted by Crippen LogP contribution is 2.47. The van der Waals surface area contributed by atoms with Gasteiger partial charge in [0.1, 0.15) is 0 Å². The average Bonchev–Trinajstić information content (AvgIpc) is 2.29. The lowest BCUT2D eigenvalue weighted by atomic mass is 9.99. The second-order valence-corrected chi connectivity index (χ2v) is 9.35. The fraction of sp³-hybridized carbons (Fsp3) is 0.625. The van der Waals surface area contributed by atoms with E-state index in [1.807, 2.05) is 0 Å². The molecular formula is C16H26NP. The largest absolute Gasteiger partial charge is 0.382 e. The summed E-state index contributed by atoms with van der Waals surface area (Å²) in [5, 5.41) is 5.33. The molecule has 0 aromatic heterocycles. The van der Waals surface area contributed by atoms with Crippen molar-refractivity contribution < 1.29 is 0 Å². The van der Waals surface area contributed by atoms with Gasteiger partial charge in [-0.3, -0.25) is 0 Å². The molecule has 2 heteroatoms. The molecule has 1 unspecified atom stereocenters. The fourth-order valence-electron chi connectivity index (χ4n) is 3.02. The molecular weight excluding hydrogens is 237 g/mol. The van der Waals surface area contributed by atoms with E-state index >= 15 is 0 Å². The average molecular weight is 263 g/mol. The first-order valence-corrected chi connectivity index (χ1v) is 8.65. The minimum absolute atomic E-state index is 0.0700. The Balaban J connectivity index is 2.44. The van der Waals surface area contributed by atoms with E-state index in [-0.39, 0.29) is 7.92 Å². The van der Waals surface area contributed by atoms with Crippen LogP contribution in [0.3, 0.4) is 0 Å². The Labute approximate surface area is 113 Å². The van der Waals surface area contributed by atoms with Crippen LogP contribution in [0.4, 0.5) is 5.69 Å². The molecule has 1 aromatic rings. The van der Waals surface area contributed by atoms with Gasteiger partial charge >= 0.3 is 0 Å². The molecule has 1 atom stereocenters. The van der Waals surface area contributed by atoms with Gasteiger partial charge in [-0.1, -0.05) is 53.8 Å². The van der Waals surface area contributed by atoms with Crippen LogP contribution >= 0.6 is 7.92 Å². The smallest absolute Gasteiger partial charge is 0.0453 e. The SMILES string of the molecule is CC1CCc2cccc(P(C(C)C)C(C)C)c2N1. The number of benzene rings is 1. The van der Waals surface area contributed by atoms with E-state index in [0.29, 0.717) is 6.04 Å². The number of hydrogen-bond donors (Lipinski definition) is 1. The Hall–Kier alpha value is -0.550. The van der Waals surface area contributed by atoms with Crippen LogP contribution in [0.2, 0.25) is 0 Å². The fourth-order valence-corrected chi connectivity index (χ4v) is 6.05. The topological polar surface area (TPSA) is 12.0 Å². The summed E-state index contributed by atoms with van der Waals surface area (Å²) in [6.45, 7) is 11.8. The summed E-state index contributed by atoms with van der Waals surface area (Å²) in [5.74, 6) is 0. The zero-order valence-corrected chi connectivity index (χ0v) is 13.2. The molecule has 0 bridgehead atoms. The first-order chi connectivity index (χ1) is 8.50. The van der Waals surface area contributed by atoms with E-state index < -0.39 is 0 Å². The molecule has 0 radical (unpaired) electrons. The zero-order valence-electron chi connectivity index (χ0n) is 12.3. The number of para-hydroxylation sites is 1. The molecule has 1 nitrogen and oxygen atoms in total. The highest BCUT2D eigenvalue weighted by atomic mass is 31.1. The van der Waals surface area contributed by atoms with Gasteiger partial charge in [0.2, 0.25) is 0 Å². The second kappa shape index (κ2) is 5.61. The molecule has 0 fully saturated rings. The summed E-state index contributed by atoms with van der Waals surface area (Å²) in [7, 11) is -0.0700. The van der Waals surface area contributed by atoms with Gasteiger partial charge in [0.05, 0.1) is 0 Å². The third-order valence-electron chi connectivity index (χ3n) is 3.76. The Bertz CT molecular complexity index is 404. The van der Waals surface area contributed by atoms with Crippen molar-refractivity contribution in [3.05, 3.63) is 23.8 Å². The van der Waals surface area contributed by atoms with Gasteiger partial charge in [-0.05, 0) is 42.0 Å². The highest BCUT2D eigenvalue weighted by Gasteiger charge is 2.25. The number of aryl methyl sites for hydroxylation is 1. The van der Waals surface area contributed by atoms with Crippen LogP contribution in [0.5, 0.6) is 0 Å². The minimum Gasteiger partial charge on any atom is -0.382 e. The molecule has 1 aromatic carbocycles. The Kier molecular flexibility index (Phi) is 4.33. The summed E-state index contributed by atoms with van der Waals surface area (Å²) in [6, 6.07) is 7.53. The number of hydrogen-bond acceptors (Lipinski definition) is 1. The second-order valence-electron chi connectivity index (χ2n) is 5.99. The van der Waals surface area contributed by atoms with E-state index in [4.69, 9.17) is 0 Å². The standard InChI is InChI=1S/C16H26NP/c1-11(2)18(12(3)4)15-8-6-7-14-10-9-13(5)17-16(14)15/h6-8,11-13,17H,9-10H2,1-5H3. The van der Waals surface area contributed by atoms with E-state index in [1.165, 1.54) is 24.1 Å². The van der Waals surface area contributed by atoms with Gasteiger partial charge in [0.25, 0.3) is 0 Å². The number of fused-ring (bicyclic) bond motifs is 1. The van der Waals surface area contributed by atoms with Crippen molar-refractivity contribution in [2.24, 2.45) is 0 Å². The molecule has 0 aliphatic carbocycles. The van der Waals surface area contributed by atoms with Crippen molar-refractivity contribution >= 4 is 18.9 Å². The maximum absolute atomic E-state index is 3.73. The summed E-state index contributed by atoms with van der Waals surface area (Å²) >= 11 is 0. The van der Waals surface area contributed by atoms with Gasteiger partial charge in [-0.2, -0.15) is 0 Å². The number of nitrogens with one attached hydrogen (secondary N) is 1. The van der Waals surface area contributed by atoms with Crippen LogP contribution in [0, 0.1) is 0 Å². The maximum atomic E-state index is 3.73. The van der Waals surface area contributed by atoms with E-state index in [0.717, 1.165) is 11.3 Å². The third kappa shape index (κ3) is 2.72. The summed E-state index contributed by atoms with van der Waals surface area (Å²) in [6.07, 6.45) is 2.49. The maximum Gasteiger partial charge on any atom is 0.0453 e. The summed E-state index contributed by atoms with van der Waals surface area (Å²) < 4.78 is 0. The molecule has 2 rings (SSSR count). The monoisotopic (exact) mass is 263 g/mol. The van der Waals surface area contributed by atoms with Crippen molar-refractivity contribution in [1.29, 1.82) is 0 Å². The van der Waals surface area contributed by atoms with Crippen molar-refractivity contribution in [3.8, 4) is 0 Å². The Morgan fingerprint density at radius 2 is 1.83 bits per heavy atom. The van der Waals surface area contributed by atoms with Crippen molar-refractivity contribution in [1.82, 2.24) is 0 Å². The van der Waals surface area contributed by atoms with E-state index in [9.17, 15) is 0 Å². The number of rotatable bonds is 3. The molecule has 1 aliphatic rings. The van der Waals surface area contributed by atoms with Crippen molar-refractivity contribution in [2.45, 2.75) is 64.8 Å². The zero-order chi connectivity index (χ0) is 13.3. The predicted octanol–water partition coefficient (Wildman–Crippen LogP) is 4.36. The molecule has 1 heterocycles. The van der Waals surface area contributed by atoms with E-state index in [1.54, 1.807) is 5.30 Å². The molecule has 0 amide bonds. The summed E-state index contributed by atoms with van der Waals surface area (Å²) in [5.41, 5.74) is 4.50. The van der Waals surface area contributed by atoms with E-state index in [2.05, 4.69) is 58.1 Å². The Morgan fingerprint density at radius 1 is 1.17 bits per heavy atom. The van der Waals surface area contributed by atoms with Gasteiger partial charge in [0.15, 0.2) is 0 Å². The van der Waals surface area contributed by atoms with Gasteiger partial charge in [-0.25, -0.2) is 0 Å². The van der Waals surface area contributed by atoms with Gasteiger partial charge in [-0.15, -0.1) is 0 Å². The van der Waals surface area contributed by atoms with Crippen LogP contribution < -0.4 is 10.6 Å². The van der Waals surface area contributed by atoms with Crippen molar-refractivity contribution in [2.75, 3.05) is 5.32 Å². The molecule has 0 saturated carbocycles. The molecule has 0 spiro atoms. The van der Waals surface area contributed by atoms with Crippen LogP contribution in [0.1, 0.15) is 46.6 Å². The molecule has 0 saturated heterocycles. The lowest BCUT2D eigenvalue weighted by Gasteiger charge is -2.33. The van der Waals surface area contributed by atoms with Crippen molar-refractivity contribution in [3.63, 3.8) is 0 Å². The first kappa shape index (κ1) is 13.9. The quantitative estimate of drug-likeness (QED) is 0.799. The lowest BCUT2D eigenvalue weighted by Crippen LogP contribution is -2.28. The Morgan fingerprint density at radius 3 is 2.44 bits per heavy atom. The minimum atomic E-state index is -0.0700. The molecule has 1 aliphatic heterocycles. The van der Waals surface area contributed by atoms with Crippen LogP contribution in [0.15, 0.2) is 18.2 Å². The predicted molar refractivity (Wildman–Crippen MR) is 84.7 cm³/mol. The first-order valence-electron chi connectivity index (χ1n) is 7.17. The van der Waals surface area contributed by atoms with Gasteiger partial charge < -0.3 is 5.32 Å². The third-order valence-corrected chi connectivity index (χ3v) is 6.91. The van der Waals surface area contributed by atoms with Crippen LogP contribution in [-0.4, -0.2) is 17.4 Å². The van der Waals surface area contributed by atoms with Crippen LogP contribution in [-0.2, 0) is 6.42 Å². The normalized spacial score (nSPS) is 19.2. The van der Waals surface area contributed by atoms with Gasteiger partial charge in [0, 0.05) is 11.7 Å². The lowest BCUT2D eigenvalue weighted by molar-refractivity contribution is 0.682. The molecule has 100 valence electrons. The molecule has 1 N–H and O–H groups in total. The molecule has 18 heavy (non-hydrogen) atoms. The highest BCUT2D eigenvalue weighted by molar-refractivity contribution is 7.67. The summed E-state index contributed by atoms with van der Waals surface area (Å²) in [4.78, 5) is 0.